The Kier molecular flexibility index (Phi) is 5.13. The van der Waals surface area contributed by atoms with Crippen molar-refractivity contribution in [1.82, 2.24) is 20.3 Å². The van der Waals surface area contributed by atoms with Crippen LogP contribution in [-0.4, -0.2) is 46.2 Å². The van der Waals surface area contributed by atoms with E-state index < -0.39 is 5.54 Å². The SMILES string of the molecule is CCC(N)(CC)CNC(=O)c1nnn(-c2ccc3c(c2)OCCO3)c1C. The van der Waals surface area contributed by atoms with Crippen LogP contribution in [-0.2, 0) is 0 Å². The molecular weight excluding hydrogens is 334 g/mol. The van der Waals surface area contributed by atoms with Gasteiger partial charge in [0.2, 0.25) is 0 Å². The quantitative estimate of drug-likeness (QED) is 0.812. The van der Waals surface area contributed by atoms with Crippen molar-refractivity contribution in [3.8, 4) is 17.2 Å². The molecule has 0 radical (unpaired) electrons. The minimum absolute atomic E-state index is 0.275. The molecule has 2 heterocycles. The van der Waals surface area contributed by atoms with Gasteiger partial charge in [-0.25, -0.2) is 4.68 Å². The second-order valence-electron chi connectivity index (χ2n) is 6.52. The van der Waals surface area contributed by atoms with Gasteiger partial charge in [-0.3, -0.25) is 4.79 Å². The number of benzene rings is 1. The first-order valence-corrected chi connectivity index (χ1v) is 8.87. The Morgan fingerprint density at radius 1 is 1.27 bits per heavy atom. The van der Waals surface area contributed by atoms with E-state index in [-0.39, 0.29) is 11.6 Å². The normalized spacial score (nSPS) is 13.5. The third-order valence-corrected chi connectivity index (χ3v) is 4.89. The molecule has 0 bridgehead atoms. The number of hydrogen-bond acceptors (Lipinski definition) is 6. The Morgan fingerprint density at radius 2 is 1.96 bits per heavy atom. The molecule has 140 valence electrons. The van der Waals surface area contributed by atoms with Crippen molar-refractivity contribution in [2.45, 2.75) is 39.2 Å². The molecule has 1 aromatic carbocycles. The van der Waals surface area contributed by atoms with Gasteiger partial charge in [0.05, 0.1) is 11.4 Å². The molecule has 0 unspecified atom stereocenters. The van der Waals surface area contributed by atoms with Crippen molar-refractivity contribution in [3.63, 3.8) is 0 Å². The summed E-state index contributed by atoms with van der Waals surface area (Å²) in [4.78, 5) is 12.5. The van der Waals surface area contributed by atoms with Crippen molar-refractivity contribution in [2.75, 3.05) is 19.8 Å². The third-order valence-electron chi connectivity index (χ3n) is 4.89. The fraction of sp³-hybridized carbons (Fsp3) is 0.500. The minimum atomic E-state index is -0.407. The van der Waals surface area contributed by atoms with Crippen LogP contribution in [0.1, 0.15) is 42.9 Å². The van der Waals surface area contributed by atoms with Crippen LogP contribution in [0.2, 0.25) is 0 Å². The number of hydrogen-bond donors (Lipinski definition) is 2. The Balaban J connectivity index is 1.78. The lowest BCUT2D eigenvalue weighted by Gasteiger charge is -2.26. The summed E-state index contributed by atoms with van der Waals surface area (Å²) in [6.45, 7) is 7.28. The molecule has 3 rings (SSSR count). The fourth-order valence-corrected chi connectivity index (χ4v) is 2.79. The summed E-state index contributed by atoms with van der Waals surface area (Å²) in [5, 5.41) is 11.0. The van der Waals surface area contributed by atoms with Gasteiger partial charge in [0, 0.05) is 18.2 Å². The monoisotopic (exact) mass is 359 g/mol. The maximum absolute atomic E-state index is 12.5. The molecule has 8 nitrogen and oxygen atoms in total. The van der Waals surface area contributed by atoms with Crippen LogP contribution in [0.15, 0.2) is 18.2 Å². The van der Waals surface area contributed by atoms with E-state index in [9.17, 15) is 4.79 Å². The summed E-state index contributed by atoms with van der Waals surface area (Å²) in [5.74, 6) is 1.09. The van der Waals surface area contributed by atoms with Gasteiger partial charge in [0.1, 0.15) is 13.2 Å². The molecule has 0 saturated carbocycles. The van der Waals surface area contributed by atoms with E-state index in [2.05, 4.69) is 15.6 Å². The lowest BCUT2D eigenvalue weighted by atomic mass is 9.94. The van der Waals surface area contributed by atoms with Gasteiger partial charge >= 0.3 is 0 Å². The average Bonchev–Trinajstić information content (AvgIpc) is 3.07. The number of nitrogens with zero attached hydrogens (tertiary/aromatic N) is 3. The summed E-state index contributed by atoms with van der Waals surface area (Å²) >= 11 is 0. The maximum Gasteiger partial charge on any atom is 0.273 e. The van der Waals surface area contributed by atoms with E-state index in [1.165, 1.54) is 0 Å². The highest BCUT2D eigenvalue weighted by Gasteiger charge is 2.24. The van der Waals surface area contributed by atoms with Crippen molar-refractivity contribution in [3.05, 3.63) is 29.6 Å². The number of nitrogens with two attached hydrogens (primary N) is 1. The first-order valence-electron chi connectivity index (χ1n) is 8.87. The summed E-state index contributed by atoms with van der Waals surface area (Å²) in [5.41, 5.74) is 7.53. The number of fused-ring (bicyclic) bond motifs is 1. The van der Waals surface area contributed by atoms with Crippen LogP contribution >= 0.6 is 0 Å². The van der Waals surface area contributed by atoms with Crippen molar-refractivity contribution < 1.29 is 14.3 Å². The van der Waals surface area contributed by atoms with Gasteiger partial charge in [-0.2, -0.15) is 0 Å². The van der Waals surface area contributed by atoms with Gasteiger partial charge in [0.25, 0.3) is 5.91 Å². The van der Waals surface area contributed by atoms with Gasteiger partial charge in [-0.05, 0) is 31.9 Å². The zero-order valence-corrected chi connectivity index (χ0v) is 15.4. The van der Waals surface area contributed by atoms with E-state index in [4.69, 9.17) is 15.2 Å². The number of carbonyl (C=O) groups is 1. The lowest BCUT2D eigenvalue weighted by Crippen LogP contribution is -2.49. The van der Waals surface area contributed by atoms with Gasteiger partial charge in [0.15, 0.2) is 17.2 Å². The Labute approximate surface area is 152 Å². The lowest BCUT2D eigenvalue weighted by molar-refractivity contribution is 0.0936. The molecule has 1 aliphatic heterocycles. The van der Waals surface area contributed by atoms with Gasteiger partial charge in [-0.1, -0.05) is 19.1 Å². The molecule has 0 fully saturated rings. The van der Waals surface area contributed by atoms with Crippen LogP contribution in [0.3, 0.4) is 0 Å². The van der Waals surface area contributed by atoms with E-state index in [0.717, 1.165) is 18.5 Å². The molecule has 1 aromatic heterocycles. The van der Waals surface area contributed by atoms with Crippen molar-refractivity contribution in [2.24, 2.45) is 5.73 Å². The second kappa shape index (κ2) is 7.33. The molecule has 0 aliphatic carbocycles. The highest BCUT2D eigenvalue weighted by molar-refractivity contribution is 5.93. The second-order valence-corrected chi connectivity index (χ2v) is 6.52. The van der Waals surface area contributed by atoms with E-state index in [1.807, 2.05) is 32.0 Å². The maximum atomic E-state index is 12.5. The predicted octanol–water partition coefficient (Wildman–Crippen LogP) is 1.59. The zero-order valence-electron chi connectivity index (χ0n) is 15.4. The van der Waals surface area contributed by atoms with Gasteiger partial charge in [-0.15, -0.1) is 5.10 Å². The molecule has 0 atom stereocenters. The standard InChI is InChI=1S/C18H25N5O3/c1-4-18(19,5-2)11-20-17(24)16-12(3)23(22-21-16)13-6-7-14-15(10-13)26-9-8-25-14/h6-7,10H,4-5,8-9,11,19H2,1-3H3,(H,20,24). The molecule has 2 aromatic rings. The molecule has 0 spiro atoms. The van der Waals surface area contributed by atoms with Crippen LogP contribution in [0.5, 0.6) is 11.5 Å². The highest BCUT2D eigenvalue weighted by atomic mass is 16.6. The van der Waals surface area contributed by atoms with E-state index >= 15 is 0 Å². The van der Waals surface area contributed by atoms with Crippen LogP contribution in [0, 0.1) is 6.92 Å². The highest BCUT2D eigenvalue weighted by Crippen LogP contribution is 2.32. The molecule has 0 saturated heterocycles. The largest absolute Gasteiger partial charge is 0.486 e. The fourth-order valence-electron chi connectivity index (χ4n) is 2.79. The molecule has 1 amide bonds. The van der Waals surface area contributed by atoms with Crippen LogP contribution in [0.25, 0.3) is 5.69 Å². The summed E-state index contributed by atoms with van der Waals surface area (Å²) in [6, 6.07) is 5.52. The van der Waals surface area contributed by atoms with E-state index in [0.29, 0.717) is 37.0 Å². The molecule has 1 aliphatic rings. The Morgan fingerprint density at radius 3 is 2.65 bits per heavy atom. The number of amides is 1. The van der Waals surface area contributed by atoms with Crippen molar-refractivity contribution >= 4 is 5.91 Å². The number of ether oxygens (including phenoxy) is 2. The summed E-state index contributed by atoms with van der Waals surface area (Å²) in [7, 11) is 0. The Bertz CT molecular complexity index is 798. The smallest absolute Gasteiger partial charge is 0.273 e. The van der Waals surface area contributed by atoms with Crippen LogP contribution < -0.4 is 20.5 Å². The summed E-state index contributed by atoms with van der Waals surface area (Å²) < 4.78 is 12.7. The van der Waals surface area contributed by atoms with Gasteiger partial charge < -0.3 is 20.5 Å². The van der Waals surface area contributed by atoms with E-state index in [1.54, 1.807) is 11.6 Å². The minimum Gasteiger partial charge on any atom is -0.486 e. The number of carbonyl (C=O) groups excluding carboxylic acids is 1. The summed E-state index contributed by atoms with van der Waals surface area (Å²) in [6.07, 6.45) is 1.57. The Hall–Kier alpha value is -2.61. The zero-order chi connectivity index (χ0) is 18.7. The molecular formula is C18H25N5O3. The first-order chi connectivity index (χ1) is 12.5. The predicted molar refractivity (Wildman–Crippen MR) is 96.9 cm³/mol. The van der Waals surface area contributed by atoms with Crippen LogP contribution in [0.4, 0.5) is 0 Å². The number of aromatic nitrogens is 3. The topological polar surface area (TPSA) is 104 Å². The molecule has 8 heteroatoms. The van der Waals surface area contributed by atoms with Crippen molar-refractivity contribution in [1.29, 1.82) is 0 Å². The number of rotatable bonds is 6. The third kappa shape index (κ3) is 3.50. The first kappa shape index (κ1) is 18.2. The average molecular weight is 359 g/mol. The molecule has 26 heavy (non-hydrogen) atoms. The molecule has 3 N–H and O–H groups in total. The number of nitrogens with one attached hydrogen (secondary N) is 1.